The zero-order valence-electron chi connectivity index (χ0n) is 11.4. The lowest BCUT2D eigenvalue weighted by Crippen LogP contribution is -2.36. The van der Waals surface area contributed by atoms with E-state index in [9.17, 15) is 19.2 Å². The van der Waals surface area contributed by atoms with Gasteiger partial charge in [0.2, 0.25) is 5.91 Å². The molecular formula is C14H14N2O5. The van der Waals surface area contributed by atoms with Gasteiger partial charge in [-0.05, 0) is 12.1 Å². The minimum atomic E-state index is -0.699. The highest BCUT2D eigenvalue weighted by Crippen LogP contribution is 2.21. The van der Waals surface area contributed by atoms with E-state index < -0.39 is 24.3 Å². The minimum absolute atomic E-state index is 0.0123. The minimum Gasteiger partial charge on any atom is -0.462 e. The second kappa shape index (κ2) is 6.17. The summed E-state index contributed by atoms with van der Waals surface area (Å²) in [6, 6.07) is 6.38. The van der Waals surface area contributed by atoms with E-state index >= 15 is 0 Å². The van der Waals surface area contributed by atoms with Crippen LogP contribution >= 0.6 is 0 Å². The van der Waals surface area contributed by atoms with Gasteiger partial charge >= 0.3 is 5.97 Å². The van der Waals surface area contributed by atoms with Crippen molar-refractivity contribution in [2.24, 2.45) is 0 Å². The highest BCUT2D eigenvalue weighted by Gasteiger charge is 2.36. The second-order valence-electron chi connectivity index (χ2n) is 4.45. The molecule has 3 amide bonds. The van der Waals surface area contributed by atoms with Crippen molar-refractivity contribution in [1.82, 2.24) is 10.2 Å². The van der Waals surface area contributed by atoms with Crippen molar-refractivity contribution in [3.8, 4) is 0 Å². The normalized spacial score (nSPS) is 13.1. The van der Waals surface area contributed by atoms with Crippen LogP contribution in [0, 0.1) is 0 Å². The molecule has 1 aromatic rings. The predicted octanol–water partition coefficient (Wildman–Crippen LogP) is -0.0381. The summed E-state index contributed by atoms with van der Waals surface area (Å²) in [7, 11) is 0. The molecule has 2 rings (SSSR count). The average Bonchev–Trinajstić information content (AvgIpc) is 2.69. The summed E-state index contributed by atoms with van der Waals surface area (Å²) in [4.78, 5) is 47.1. The number of hydrogen-bond donors (Lipinski definition) is 1. The third-order valence-electron chi connectivity index (χ3n) is 2.90. The van der Waals surface area contributed by atoms with Gasteiger partial charge in [-0.25, -0.2) is 0 Å². The number of carbonyl (C=O) groups excluding carboxylic acids is 4. The number of hydrogen-bond acceptors (Lipinski definition) is 5. The molecule has 0 unspecified atom stereocenters. The Kier molecular flexibility index (Phi) is 4.32. The van der Waals surface area contributed by atoms with E-state index in [-0.39, 0.29) is 30.2 Å². The smallest absolute Gasteiger partial charge is 0.326 e. The summed E-state index contributed by atoms with van der Waals surface area (Å²) in [6.45, 7) is 1.08. The molecule has 0 atom stereocenters. The van der Waals surface area contributed by atoms with Crippen LogP contribution in [-0.2, 0) is 14.3 Å². The molecule has 0 aliphatic carbocycles. The van der Waals surface area contributed by atoms with E-state index in [1.54, 1.807) is 12.1 Å². The number of fused-ring (bicyclic) bond motifs is 1. The van der Waals surface area contributed by atoms with Crippen molar-refractivity contribution in [1.29, 1.82) is 0 Å². The van der Waals surface area contributed by atoms with Crippen LogP contribution in [-0.4, -0.2) is 48.3 Å². The number of nitrogens with one attached hydrogen (secondary N) is 1. The van der Waals surface area contributed by atoms with Gasteiger partial charge in [0.1, 0.15) is 13.2 Å². The Bertz CT molecular complexity index is 576. The van der Waals surface area contributed by atoms with Crippen LogP contribution in [0.2, 0.25) is 0 Å². The maximum absolute atomic E-state index is 12.0. The lowest BCUT2D eigenvalue weighted by molar-refractivity contribution is -0.144. The van der Waals surface area contributed by atoms with E-state index in [1.807, 2.05) is 0 Å². The summed E-state index contributed by atoms with van der Waals surface area (Å²) in [5, 5.41) is 2.46. The zero-order valence-corrected chi connectivity index (χ0v) is 11.4. The monoisotopic (exact) mass is 290 g/mol. The van der Waals surface area contributed by atoms with Crippen LogP contribution in [0.4, 0.5) is 0 Å². The van der Waals surface area contributed by atoms with Gasteiger partial charge in [0, 0.05) is 6.92 Å². The van der Waals surface area contributed by atoms with Gasteiger partial charge in [-0.3, -0.25) is 24.1 Å². The Labute approximate surface area is 120 Å². The molecule has 0 spiro atoms. The van der Waals surface area contributed by atoms with E-state index in [0.717, 1.165) is 4.90 Å². The molecule has 0 bridgehead atoms. The van der Waals surface area contributed by atoms with E-state index in [4.69, 9.17) is 4.74 Å². The van der Waals surface area contributed by atoms with Gasteiger partial charge in [0.15, 0.2) is 0 Å². The number of imide groups is 1. The maximum Gasteiger partial charge on any atom is 0.326 e. The molecule has 0 radical (unpaired) electrons. The molecule has 1 heterocycles. The van der Waals surface area contributed by atoms with Crippen LogP contribution in [0.5, 0.6) is 0 Å². The number of esters is 1. The summed E-state index contributed by atoms with van der Waals surface area (Å²) in [6.07, 6.45) is 0. The van der Waals surface area contributed by atoms with Crippen molar-refractivity contribution in [3.63, 3.8) is 0 Å². The van der Waals surface area contributed by atoms with E-state index in [0.29, 0.717) is 0 Å². The third kappa shape index (κ3) is 3.25. The lowest BCUT2D eigenvalue weighted by Gasteiger charge is -2.13. The Morgan fingerprint density at radius 2 is 1.71 bits per heavy atom. The van der Waals surface area contributed by atoms with Crippen molar-refractivity contribution >= 4 is 23.7 Å². The van der Waals surface area contributed by atoms with Gasteiger partial charge < -0.3 is 10.1 Å². The fourth-order valence-corrected chi connectivity index (χ4v) is 1.95. The van der Waals surface area contributed by atoms with E-state index in [1.165, 1.54) is 19.1 Å². The van der Waals surface area contributed by atoms with E-state index in [2.05, 4.69) is 5.32 Å². The first-order chi connectivity index (χ1) is 10.0. The SMILES string of the molecule is CC(=O)NCCOC(=O)CN1C(=O)c2ccccc2C1=O. The maximum atomic E-state index is 12.0. The highest BCUT2D eigenvalue weighted by atomic mass is 16.5. The van der Waals surface area contributed by atoms with Crippen LogP contribution in [0.25, 0.3) is 0 Å². The van der Waals surface area contributed by atoms with Crippen LogP contribution in [0.15, 0.2) is 24.3 Å². The summed E-state index contributed by atoms with van der Waals surface area (Å²) in [5.74, 6) is -1.94. The van der Waals surface area contributed by atoms with Crippen molar-refractivity contribution in [3.05, 3.63) is 35.4 Å². The molecule has 21 heavy (non-hydrogen) atoms. The largest absolute Gasteiger partial charge is 0.462 e. The van der Waals surface area contributed by atoms with Crippen molar-refractivity contribution in [2.45, 2.75) is 6.92 Å². The molecule has 7 heteroatoms. The molecule has 1 aliphatic heterocycles. The molecule has 0 saturated heterocycles. The molecule has 1 N–H and O–H groups in total. The Morgan fingerprint density at radius 1 is 1.14 bits per heavy atom. The van der Waals surface area contributed by atoms with Crippen LogP contribution in [0.3, 0.4) is 0 Å². The molecule has 0 aromatic heterocycles. The predicted molar refractivity (Wildman–Crippen MR) is 71.5 cm³/mol. The van der Waals surface area contributed by atoms with Gasteiger partial charge in [-0.1, -0.05) is 12.1 Å². The second-order valence-corrected chi connectivity index (χ2v) is 4.45. The van der Waals surface area contributed by atoms with Gasteiger partial charge in [-0.2, -0.15) is 0 Å². The van der Waals surface area contributed by atoms with Crippen molar-refractivity contribution in [2.75, 3.05) is 19.7 Å². The van der Waals surface area contributed by atoms with Gasteiger partial charge in [0.25, 0.3) is 11.8 Å². The fourth-order valence-electron chi connectivity index (χ4n) is 1.95. The number of ether oxygens (including phenoxy) is 1. The van der Waals surface area contributed by atoms with Crippen molar-refractivity contribution < 1.29 is 23.9 Å². The lowest BCUT2D eigenvalue weighted by atomic mass is 10.1. The average molecular weight is 290 g/mol. The number of carbonyl (C=O) groups is 4. The first kappa shape index (κ1) is 14.7. The van der Waals surface area contributed by atoms with Crippen LogP contribution < -0.4 is 5.32 Å². The number of amides is 3. The topological polar surface area (TPSA) is 92.8 Å². The summed E-state index contributed by atoms with van der Waals surface area (Å²) in [5.41, 5.74) is 0.571. The van der Waals surface area contributed by atoms with Crippen LogP contribution in [0.1, 0.15) is 27.6 Å². The number of rotatable bonds is 5. The Balaban J connectivity index is 1.90. The quantitative estimate of drug-likeness (QED) is 0.467. The summed E-state index contributed by atoms with van der Waals surface area (Å²) >= 11 is 0. The Morgan fingerprint density at radius 3 is 2.24 bits per heavy atom. The van der Waals surface area contributed by atoms with Gasteiger partial charge in [-0.15, -0.1) is 0 Å². The molecule has 0 fully saturated rings. The molecule has 1 aliphatic rings. The molecule has 1 aromatic carbocycles. The highest BCUT2D eigenvalue weighted by molar-refractivity contribution is 6.22. The third-order valence-corrected chi connectivity index (χ3v) is 2.90. The van der Waals surface area contributed by atoms with Gasteiger partial charge in [0.05, 0.1) is 17.7 Å². The standard InChI is InChI=1S/C14H14N2O5/c1-9(17)15-6-7-21-12(18)8-16-13(19)10-4-2-3-5-11(10)14(16)20/h2-5H,6-8H2,1H3,(H,15,17). The number of nitrogens with zero attached hydrogens (tertiary/aromatic N) is 1. The first-order valence-electron chi connectivity index (χ1n) is 6.36. The summed E-state index contributed by atoms with van der Waals surface area (Å²) < 4.78 is 4.85. The molecular weight excluding hydrogens is 276 g/mol. The zero-order chi connectivity index (χ0) is 15.4. The number of benzene rings is 1. The first-order valence-corrected chi connectivity index (χ1v) is 6.36. The fraction of sp³-hybridized carbons (Fsp3) is 0.286. The molecule has 7 nitrogen and oxygen atoms in total. The molecule has 110 valence electrons. The Hall–Kier alpha value is -2.70. The molecule has 0 saturated carbocycles.